The number of nitrogens with two attached hydrogens (primary N) is 1. The van der Waals surface area contributed by atoms with Crippen molar-refractivity contribution in [3.8, 4) is 17.0 Å². The van der Waals surface area contributed by atoms with Gasteiger partial charge in [-0.05, 0) is 24.3 Å². The highest BCUT2D eigenvalue weighted by Crippen LogP contribution is 2.30. The third-order valence-electron chi connectivity index (χ3n) is 2.51. The zero-order valence-corrected chi connectivity index (χ0v) is 10.3. The quantitative estimate of drug-likeness (QED) is 0.900. The van der Waals surface area contributed by atoms with Gasteiger partial charge < -0.3 is 20.1 Å². The topological polar surface area (TPSA) is 98.6 Å². The van der Waals surface area contributed by atoms with Crippen molar-refractivity contribution in [2.75, 3.05) is 5.73 Å². The zero-order valence-electron chi connectivity index (χ0n) is 10.3. The molecule has 2 rings (SSSR count). The van der Waals surface area contributed by atoms with E-state index in [1.54, 1.807) is 0 Å². The average Bonchev–Trinajstić information content (AvgIpc) is 2.70. The van der Waals surface area contributed by atoms with Crippen molar-refractivity contribution in [3.63, 3.8) is 0 Å². The Morgan fingerprint density at radius 1 is 1.33 bits per heavy atom. The lowest BCUT2D eigenvalue weighted by atomic mass is 10.1. The molecule has 21 heavy (non-hydrogen) atoms. The molecule has 0 aliphatic heterocycles. The summed E-state index contributed by atoms with van der Waals surface area (Å²) in [6, 6.07) is 4.75. The maximum Gasteiger partial charge on any atom is 0.573 e. The number of rotatable bonds is 4. The summed E-state index contributed by atoms with van der Waals surface area (Å²) in [6.07, 6.45) is -5.19. The van der Waals surface area contributed by atoms with Crippen LogP contribution in [0.5, 0.6) is 5.75 Å². The molecule has 0 spiro atoms. The molecule has 2 aromatic rings. The summed E-state index contributed by atoms with van der Waals surface area (Å²) in [7, 11) is 0. The van der Waals surface area contributed by atoms with E-state index in [1.165, 1.54) is 12.1 Å². The van der Waals surface area contributed by atoms with Gasteiger partial charge in [0.25, 0.3) is 0 Å². The van der Waals surface area contributed by atoms with Crippen LogP contribution in [0.15, 0.2) is 28.8 Å². The van der Waals surface area contributed by atoms with Crippen molar-refractivity contribution < 1.29 is 32.3 Å². The number of nitrogen functional groups attached to an aromatic ring is 1. The molecule has 1 aromatic heterocycles. The van der Waals surface area contributed by atoms with E-state index in [0.717, 1.165) is 12.1 Å². The second-order valence-electron chi connectivity index (χ2n) is 4.02. The molecule has 0 amide bonds. The van der Waals surface area contributed by atoms with Crippen LogP contribution < -0.4 is 10.5 Å². The van der Waals surface area contributed by atoms with Crippen LogP contribution in [0.4, 0.5) is 19.1 Å². The van der Waals surface area contributed by atoms with Gasteiger partial charge in [0.1, 0.15) is 11.4 Å². The number of hydrogen-bond acceptors (Lipinski definition) is 5. The Bertz CT molecular complexity index is 650. The molecule has 1 heterocycles. The molecule has 112 valence electrons. The van der Waals surface area contributed by atoms with E-state index in [0.29, 0.717) is 5.56 Å². The number of aliphatic carboxylic acids is 1. The monoisotopic (exact) mass is 302 g/mol. The van der Waals surface area contributed by atoms with Gasteiger partial charge in [0.15, 0.2) is 0 Å². The van der Waals surface area contributed by atoms with E-state index < -0.39 is 24.5 Å². The highest BCUT2D eigenvalue weighted by Gasteiger charge is 2.31. The number of carboxylic acids is 1. The van der Waals surface area contributed by atoms with Crippen molar-refractivity contribution in [3.05, 3.63) is 29.8 Å². The summed E-state index contributed by atoms with van der Waals surface area (Å²) in [5.74, 6) is -1.69. The van der Waals surface area contributed by atoms with Crippen molar-refractivity contribution >= 4 is 11.9 Å². The van der Waals surface area contributed by atoms with Crippen molar-refractivity contribution in [2.45, 2.75) is 12.8 Å². The van der Waals surface area contributed by atoms with E-state index in [4.69, 9.17) is 15.4 Å². The van der Waals surface area contributed by atoms with Crippen LogP contribution in [-0.4, -0.2) is 22.6 Å². The second-order valence-corrected chi connectivity index (χ2v) is 4.02. The summed E-state index contributed by atoms with van der Waals surface area (Å²) in [5.41, 5.74) is 6.16. The Morgan fingerprint density at radius 2 is 1.95 bits per heavy atom. The summed E-state index contributed by atoms with van der Waals surface area (Å²) in [5, 5.41) is 12.4. The van der Waals surface area contributed by atoms with Crippen LogP contribution in [0.1, 0.15) is 5.56 Å². The Hall–Kier alpha value is -2.71. The van der Waals surface area contributed by atoms with E-state index in [2.05, 4.69) is 9.89 Å². The third kappa shape index (κ3) is 3.65. The lowest BCUT2D eigenvalue weighted by molar-refractivity contribution is -0.274. The van der Waals surface area contributed by atoms with Crippen LogP contribution in [0, 0.1) is 0 Å². The SMILES string of the molecule is Nc1onc(-c2ccc(OC(F)(F)F)cc2)c1CC(=O)O. The lowest BCUT2D eigenvalue weighted by Gasteiger charge is -2.08. The minimum Gasteiger partial charge on any atom is -0.481 e. The zero-order chi connectivity index (χ0) is 15.6. The molecule has 3 N–H and O–H groups in total. The summed E-state index contributed by atoms with van der Waals surface area (Å²) >= 11 is 0. The van der Waals surface area contributed by atoms with Gasteiger partial charge >= 0.3 is 12.3 Å². The van der Waals surface area contributed by atoms with Gasteiger partial charge in [-0.1, -0.05) is 5.16 Å². The maximum atomic E-state index is 12.0. The first kappa shape index (κ1) is 14.7. The second kappa shape index (κ2) is 5.35. The van der Waals surface area contributed by atoms with Gasteiger partial charge in [-0.3, -0.25) is 4.79 Å². The van der Waals surface area contributed by atoms with Gasteiger partial charge in [0.05, 0.1) is 12.0 Å². The Morgan fingerprint density at radius 3 is 2.48 bits per heavy atom. The Balaban J connectivity index is 2.29. The van der Waals surface area contributed by atoms with Crippen molar-refractivity contribution in [1.29, 1.82) is 0 Å². The number of carboxylic acid groups (broad SMARTS) is 1. The maximum absolute atomic E-state index is 12.0. The average molecular weight is 302 g/mol. The van der Waals surface area contributed by atoms with Crippen molar-refractivity contribution in [2.24, 2.45) is 0 Å². The predicted molar refractivity (Wildman–Crippen MR) is 64.4 cm³/mol. The highest BCUT2D eigenvalue weighted by molar-refractivity contribution is 5.77. The smallest absolute Gasteiger partial charge is 0.481 e. The highest BCUT2D eigenvalue weighted by atomic mass is 19.4. The molecule has 0 saturated carbocycles. The van der Waals surface area contributed by atoms with Crippen LogP contribution in [0.25, 0.3) is 11.3 Å². The minimum atomic E-state index is -4.78. The van der Waals surface area contributed by atoms with E-state index in [-0.39, 0.29) is 17.1 Å². The van der Waals surface area contributed by atoms with Crippen LogP contribution in [-0.2, 0) is 11.2 Å². The number of nitrogens with zero attached hydrogens (tertiary/aromatic N) is 1. The van der Waals surface area contributed by atoms with Crippen LogP contribution >= 0.6 is 0 Å². The van der Waals surface area contributed by atoms with E-state index in [1.807, 2.05) is 0 Å². The molecule has 9 heteroatoms. The van der Waals surface area contributed by atoms with E-state index >= 15 is 0 Å². The normalized spacial score (nSPS) is 11.4. The molecule has 0 bridgehead atoms. The number of alkyl halides is 3. The molecular formula is C12H9F3N2O4. The first-order valence-corrected chi connectivity index (χ1v) is 5.58. The van der Waals surface area contributed by atoms with Gasteiger partial charge in [0.2, 0.25) is 5.88 Å². The molecular weight excluding hydrogens is 293 g/mol. The van der Waals surface area contributed by atoms with Crippen LogP contribution in [0.2, 0.25) is 0 Å². The standard InChI is InChI=1S/C12H9F3N2O4/c13-12(14,15)20-7-3-1-6(2-4-7)10-8(5-9(18)19)11(16)21-17-10/h1-4H,5,16H2,(H,18,19). The van der Waals surface area contributed by atoms with Gasteiger partial charge in [0, 0.05) is 5.56 Å². The predicted octanol–water partition coefficient (Wildman–Crippen LogP) is 2.45. The largest absolute Gasteiger partial charge is 0.573 e. The number of halogens is 3. The fourth-order valence-corrected chi connectivity index (χ4v) is 1.69. The Kier molecular flexibility index (Phi) is 3.74. The molecule has 1 aromatic carbocycles. The minimum absolute atomic E-state index is 0.150. The number of anilines is 1. The molecule has 0 radical (unpaired) electrons. The van der Waals surface area contributed by atoms with Gasteiger partial charge in [-0.15, -0.1) is 13.2 Å². The molecule has 0 aliphatic rings. The first-order valence-electron chi connectivity index (χ1n) is 5.58. The number of ether oxygens (including phenoxy) is 1. The molecule has 0 atom stereocenters. The van der Waals surface area contributed by atoms with Gasteiger partial charge in [-0.2, -0.15) is 0 Å². The summed E-state index contributed by atoms with van der Waals surface area (Å²) < 4.78 is 44.6. The number of carbonyl (C=O) groups is 1. The van der Waals surface area contributed by atoms with Crippen molar-refractivity contribution in [1.82, 2.24) is 5.16 Å². The number of aromatic nitrogens is 1. The molecule has 0 fully saturated rings. The lowest BCUT2D eigenvalue weighted by Crippen LogP contribution is -2.16. The number of hydrogen-bond donors (Lipinski definition) is 2. The summed E-state index contributed by atoms with van der Waals surface area (Å²) in [6.45, 7) is 0. The fraction of sp³-hybridized carbons (Fsp3) is 0.167. The molecule has 6 nitrogen and oxygen atoms in total. The molecule has 0 aliphatic carbocycles. The van der Waals surface area contributed by atoms with Crippen LogP contribution in [0.3, 0.4) is 0 Å². The molecule has 0 unspecified atom stereocenters. The Labute approximate surface area is 115 Å². The van der Waals surface area contributed by atoms with E-state index in [9.17, 15) is 18.0 Å². The van der Waals surface area contributed by atoms with Gasteiger partial charge in [-0.25, -0.2) is 0 Å². The molecule has 0 saturated heterocycles. The first-order chi connectivity index (χ1) is 9.76. The third-order valence-corrected chi connectivity index (χ3v) is 2.51. The fourth-order valence-electron chi connectivity index (χ4n) is 1.69. The number of benzene rings is 1. The summed E-state index contributed by atoms with van der Waals surface area (Å²) in [4.78, 5) is 10.7.